The molecular weight excluding hydrogens is 641 g/mol. The number of fused-ring (bicyclic) bond motifs is 4. The molecule has 0 N–H and O–H groups in total. The summed E-state index contributed by atoms with van der Waals surface area (Å²) in [6.07, 6.45) is 4.31. The zero-order chi connectivity index (χ0) is 36.1. The molecule has 7 aromatic carbocycles. The third-order valence-corrected chi connectivity index (χ3v) is 11.0. The maximum atomic E-state index is 5.34. The van der Waals surface area contributed by atoms with E-state index < -0.39 is 0 Å². The summed E-state index contributed by atoms with van der Waals surface area (Å²) in [4.78, 5) is 10.7. The van der Waals surface area contributed by atoms with E-state index in [-0.39, 0.29) is 5.41 Å². The standard InChI is InChI=1S/C51H40N2/c1-5-13-39-33(2)14-10-19-40(39)35-24-28-37(29-25-35)47-32-48(38-30-26-36(27-31-38)42-20-11-16-34-15-6-7-17-41(34)42)53-50(52-47)44-21-12-23-46-49(44)43-18-8-9-22-45(43)51(46,3)4/h5-32H,1-4H3/b13-5-. The summed E-state index contributed by atoms with van der Waals surface area (Å²) in [6, 6.07) is 56.8. The van der Waals surface area contributed by atoms with Crippen molar-refractivity contribution in [3.63, 3.8) is 0 Å². The maximum Gasteiger partial charge on any atom is 0.161 e. The lowest BCUT2D eigenvalue weighted by atomic mass is 9.82. The van der Waals surface area contributed by atoms with Gasteiger partial charge in [0.2, 0.25) is 0 Å². The smallest absolute Gasteiger partial charge is 0.161 e. The Morgan fingerprint density at radius 3 is 1.75 bits per heavy atom. The Hall–Kier alpha value is -6.38. The van der Waals surface area contributed by atoms with Gasteiger partial charge in [0.25, 0.3) is 0 Å². The monoisotopic (exact) mass is 680 g/mol. The van der Waals surface area contributed by atoms with Gasteiger partial charge in [0.1, 0.15) is 0 Å². The molecule has 1 aromatic heterocycles. The number of hydrogen-bond acceptors (Lipinski definition) is 2. The Balaban J connectivity index is 1.19. The van der Waals surface area contributed by atoms with Crippen molar-refractivity contribution in [1.82, 2.24) is 9.97 Å². The fourth-order valence-electron chi connectivity index (χ4n) is 8.24. The highest BCUT2D eigenvalue weighted by Crippen LogP contribution is 2.51. The zero-order valence-electron chi connectivity index (χ0n) is 30.6. The van der Waals surface area contributed by atoms with E-state index in [0.29, 0.717) is 0 Å². The highest BCUT2D eigenvalue weighted by atomic mass is 14.9. The zero-order valence-corrected chi connectivity index (χ0v) is 30.6. The van der Waals surface area contributed by atoms with Crippen LogP contribution in [0.15, 0.2) is 164 Å². The van der Waals surface area contributed by atoms with Gasteiger partial charge in [0, 0.05) is 22.1 Å². The minimum Gasteiger partial charge on any atom is -0.228 e. The molecule has 0 amide bonds. The van der Waals surface area contributed by atoms with E-state index in [1.54, 1.807) is 0 Å². The molecule has 2 heteroatoms. The summed E-state index contributed by atoms with van der Waals surface area (Å²) in [5.41, 5.74) is 17.3. The number of hydrogen-bond donors (Lipinski definition) is 0. The van der Waals surface area contributed by atoms with Crippen LogP contribution in [0.4, 0.5) is 0 Å². The first-order chi connectivity index (χ1) is 25.9. The summed E-state index contributed by atoms with van der Waals surface area (Å²) < 4.78 is 0. The summed E-state index contributed by atoms with van der Waals surface area (Å²) >= 11 is 0. The Bertz CT molecular complexity index is 2690. The van der Waals surface area contributed by atoms with Gasteiger partial charge in [0.05, 0.1) is 11.4 Å². The summed E-state index contributed by atoms with van der Waals surface area (Å²) in [7, 11) is 0. The molecule has 0 saturated carbocycles. The Morgan fingerprint density at radius 1 is 0.491 bits per heavy atom. The minimum atomic E-state index is -0.114. The van der Waals surface area contributed by atoms with Crippen LogP contribution < -0.4 is 0 Å². The molecule has 0 fully saturated rings. The Morgan fingerprint density at radius 2 is 1.02 bits per heavy atom. The SMILES string of the molecule is C/C=C\c1c(C)cccc1-c1ccc(-c2cc(-c3ccc(-c4cccc5ccccc45)cc3)nc(-c3cccc4c3-c3ccccc3C4(C)C)n2)cc1. The van der Waals surface area contributed by atoms with Gasteiger partial charge >= 0.3 is 0 Å². The maximum absolute atomic E-state index is 5.34. The first-order valence-corrected chi connectivity index (χ1v) is 18.5. The van der Waals surface area contributed by atoms with Crippen molar-refractivity contribution in [2.45, 2.75) is 33.1 Å². The molecule has 0 bridgehead atoms. The van der Waals surface area contributed by atoms with Gasteiger partial charge in [-0.15, -0.1) is 0 Å². The fraction of sp³-hybridized carbons (Fsp3) is 0.0980. The van der Waals surface area contributed by atoms with E-state index in [9.17, 15) is 0 Å². The largest absolute Gasteiger partial charge is 0.228 e. The quantitative estimate of drug-likeness (QED) is 0.175. The lowest BCUT2D eigenvalue weighted by molar-refractivity contribution is 0.660. The minimum absolute atomic E-state index is 0.114. The molecule has 1 heterocycles. The Labute approximate surface area is 312 Å². The van der Waals surface area contributed by atoms with E-state index in [1.165, 1.54) is 66.4 Å². The molecule has 0 radical (unpaired) electrons. The van der Waals surface area contributed by atoms with E-state index >= 15 is 0 Å². The topological polar surface area (TPSA) is 25.8 Å². The number of benzene rings is 7. The van der Waals surface area contributed by atoms with Crippen molar-refractivity contribution in [1.29, 1.82) is 0 Å². The molecule has 0 saturated heterocycles. The molecule has 8 aromatic rings. The van der Waals surface area contributed by atoms with Crippen LogP contribution in [0.3, 0.4) is 0 Å². The lowest BCUT2D eigenvalue weighted by Crippen LogP contribution is -2.14. The van der Waals surface area contributed by atoms with Crippen molar-refractivity contribution in [3.8, 4) is 67.3 Å². The molecule has 1 aliphatic carbocycles. The third-order valence-electron chi connectivity index (χ3n) is 11.0. The summed E-state index contributed by atoms with van der Waals surface area (Å²) in [6.45, 7) is 8.88. The molecule has 53 heavy (non-hydrogen) atoms. The van der Waals surface area contributed by atoms with Gasteiger partial charge in [-0.1, -0.05) is 178 Å². The lowest BCUT2D eigenvalue weighted by Gasteiger charge is -2.21. The number of nitrogens with zero attached hydrogens (tertiary/aromatic N) is 2. The van der Waals surface area contributed by atoms with Gasteiger partial charge in [-0.25, -0.2) is 9.97 Å². The molecule has 254 valence electrons. The van der Waals surface area contributed by atoms with E-state index in [4.69, 9.17) is 9.97 Å². The van der Waals surface area contributed by atoms with Crippen LogP contribution in [0.5, 0.6) is 0 Å². The molecule has 0 unspecified atom stereocenters. The van der Waals surface area contributed by atoms with Gasteiger partial charge in [-0.2, -0.15) is 0 Å². The second-order valence-corrected chi connectivity index (χ2v) is 14.6. The average molecular weight is 681 g/mol. The summed E-state index contributed by atoms with van der Waals surface area (Å²) in [5.74, 6) is 0.734. The number of allylic oxidation sites excluding steroid dienone is 1. The van der Waals surface area contributed by atoms with Crippen LogP contribution in [0.1, 0.15) is 43.0 Å². The highest BCUT2D eigenvalue weighted by molar-refractivity contribution is 5.97. The first kappa shape index (κ1) is 32.5. The summed E-state index contributed by atoms with van der Waals surface area (Å²) in [5, 5.41) is 2.49. The second kappa shape index (κ2) is 13.0. The molecular formula is C51H40N2. The molecule has 9 rings (SSSR count). The predicted octanol–water partition coefficient (Wildman–Crippen LogP) is 13.6. The van der Waals surface area contributed by atoms with Gasteiger partial charge < -0.3 is 0 Å². The van der Waals surface area contributed by atoms with Crippen LogP contribution in [0.2, 0.25) is 0 Å². The van der Waals surface area contributed by atoms with Crippen molar-refractivity contribution >= 4 is 16.8 Å². The fourth-order valence-corrected chi connectivity index (χ4v) is 8.24. The normalized spacial score (nSPS) is 13.0. The van der Waals surface area contributed by atoms with Gasteiger partial charge in [-0.05, 0) is 86.3 Å². The molecule has 0 atom stereocenters. The molecule has 2 nitrogen and oxygen atoms in total. The molecule has 0 aliphatic heterocycles. The van der Waals surface area contributed by atoms with E-state index in [2.05, 4.69) is 198 Å². The van der Waals surface area contributed by atoms with Gasteiger partial charge in [0.15, 0.2) is 5.82 Å². The van der Waals surface area contributed by atoms with Crippen molar-refractivity contribution < 1.29 is 0 Å². The van der Waals surface area contributed by atoms with Gasteiger partial charge in [-0.3, -0.25) is 0 Å². The Kier molecular flexibility index (Phi) is 7.97. The number of aryl methyl sites for hydroxylation is 1. The molecule has 1 aliphatic rings. The molecule has 0 spiro atoms. The van der Waals surface area contributed by atoms with Crippen LogP contribution in [-0.4, -0.2) is 9.97 Å². The van der Waals surface area contributed by atoms with E-state index in [1.807, 2.05) is 0 Å². The first-order valence-electron chi connectivity index (χ1n) is 18.5. The van der Waals surface area contributed by atoms with Crippen LogP contribution in [0.25, 0.3) is 84.1 Å². The predicted molar refractivity (Wildman–Crippen MR) is 224 cm³/mol. The average Bonchev–Trinajstić information content (AvgIpc) is 3.44. The van der Waals surface area contributed by atoms with E-state index in [0.717, 1.165) is 33.9 Å². The third kappa shape index (κ3) is 5.59. The van der Waals surface area contributed by atoms with Crippen molar-refractivity contribution in [2.24, 2.45) is 0 Å². The highest BCUT2D eigenvalue weighted by Gasteiger charge is 2.37. The van der Waals surface area contributed by atoms with Crippen LogP contribution >= 0.6 is 0 Å². The van der Waals surface area contributed by atoms with Crippen LogP contribution in [0, 0.1) is 6.92 Å². The van der Waals surface area contributed by atoms with Crippen molar-refractivity contribution in [3.05, 3.63) is 186 Å². The van der Waals surface area contributed by atoms with Crippen molar-refractivity contribution in [2.75, 3.05) is 0 Å². The second-order valence-electron chi connectivity index (χ2n) is 14.6. The number of rotatable bonds is 6. The number of aromatic nitrogens is 2. The van der Waals surface area contributed by atoms with Crippen LogP contribution in [-0.2, 0) is 5.41 Å².